The van der Waals surface area contributed by atoms with E-state index in [9.17, 15) is 9.59 Å². The maximum atomic E-state index is 12.3. The van der Waals surface area contributed by atoms with E-state index in [1.165, 1.54) is 0 Å². The number of amides is 2. The second-order valence-corrected chi connectivity index (χ2v) is 6.55. The molecule has 1 atom stereocenters. The summed E-state index contributed by atoms with van der Waals surface area (Å²) >= 11 is 0. The number of hydrogen-bond donors (Lipinski definition) is 2. The first-order valence-electron chi connectivity index (χ1n) is 8.64. The van der Waals surface area contributed by atoms with Crippen molar-refractivity contribution < 1.29 is 14.3 Å². The molecule has 138 valence electrons. The highest BCUT2D eigenvalue weighted by Gasteiger charge is 2.29. The molecule has 1 aromatic carbocycles. The van der Waals surface area contributed by atoms with E-state index >= 15 is 0 Å². The number of nitrogens with one attached hydrogen (secondary N) is 2. The number of anilines is 1. The first-order valence-corrected chi connectivity index (χ1v) is 8.64. The van der Waals surface area contributed by atoms with Gasteiger partial charge in [0.05, 0.1) is 0 Å². The number of likely N-dealkylation sites (tertiary alicyclic amines) is 1. The Morgan fingerprint density at radius 2 is 2.08 bits per heavy atom. The summed E-state index contributed by atoms with van der Waals surface area (Å²) in [5, 5.41) is 6.11. The van der Waals surface area contributed by atoms with E-state index in [4.69, 9.17) is 4.74 Å². The molecule has 1 saturated carbocycles. The molecule has 0 spiro atoms. The molecule has 1 unspecified atom stereocenters. The summed E-state index contributed by atoms with van der Waals surface area (Å²) in [6.45, 7) is 1.55. The zero-order valence-corrected chi connectivity index (χ0v) is 15.3. The summed E-state index contributed by atoms with van der Waals surface area (Å²) in [6.07, 6.45) is 4.06. The number of piperidine rings is 1. The zero-order chi connectivity index (χ0) is 16.9. The van der Waals surface area contributed by atoms with Gasteiger partial charge in [-0.05, 0) is 44.9 Å². The number of hydrogen-bond acceptors (Lipinski definition) is 4. The minimum Gasteiger partial charge on any atom is -0.484 e. The predicted molar refractivity (Wildman–Crippen MR) is 99.2 cm³/mol. The van der Waals surface area contributed by atoms with Gasteiger partial charge in [-0.25, -0.2) is 0 Å². The molecule has 1 heterocycles. The fraction of sp³-hybridized carbons (Fsp3) is 0.556. The number of carbonyl (C=O) groups excluding carboxylic acids is 2. The van der Waals surface area contributed by atoms with Crippen LogP contribution in [0.15, 0.2) is 24.3 Å². The highest BCUT2D eigenvalue weighted by atomic mass is 35.5. The highest BCUT2D eigenvalue weighted by molar-refractivity contribution is 5.94. The molecule has 0 radical (unpaired) electrons. The third-order valence-corrected chi connectivity index (χ3v) is 4.59. The molecule has 2 aliphatic rings. The lowest BCUT2D eigenvalue weighted by Gasteiger charge is -2.32. The molecule has 1 aromatic rings. The molecular weight excluding hydrogens is 342 g/mol. The molecule has 6 nitrogen and oxygen atoms in total. The Kier molecular flexibility index (Phi) is 7.08. The minimum absolute atomic E-state index is 0. The summed E-state index contributed by atoms with van der Waals surface area (Å²) in [4.78, 5) is 25.9. The van der Waals surface area contributed by atoms with Gasteiger partial charge in [-0.3, -0.25) is 9.59 Å². The van der Waals surface area contributed by atoms with Gasteiger partial charge in [0.15, 0.2) is 6.61 Å². The fourth-order valence-corrected chi connectivity index (χ4v) is 2.93. The van der Waals surface area contributed by atoms with E-state index < -0.39 is 0 Å². The van der Waals surface area contributed by atoms with Crippen LogP contribution in [0, 0.1) is 5.92 Å². The van der Waals surface area contributed by atoms with Gasteiger partial charge in [0.1, 0.15) is 5.75 Å². The second kappa shape index (κ2) is 9.06. The van der Waals surface area contributed by atoms with Crippen molar-refractivity contribution in [2.24, 2.45) is 5.92 Å². The molecule has 25 heavy (non-hydrogen) atoms. The quantitative estimate of drug-likeness (QED) is 0.807. The number of ether oxygens (including phenoxy) is 1. The normalized spacial score (nSPS) is 19.7. The summed E-state index contributed by atoms with van der Waals surface area (Å²) < 4.78 is 5.63. The van der Waals surface area contributed by atoms with Crippen molar-refractivity contribution in [3.8, 4) is 5.75 Å². The Balaban J connectivity index is 0.00000225. The van der Waals surface area contributed by atoms with E-state index in [-0.39, 0.29) is 36.7 Å². The maximum Gasteiger partial charge on any atom is 0.260 e. The topological polar surface area (TPSA) is 70.7 Å². The number of rotatable bonds is 6. The van der Waals surface area contributed by atoms with Crippen LogP contribution in [-0.2, 0) is 9.59 Å². The zero-order valence-electron chi connectivity index (χ0n) is 14.5. The van der Waals surface area contributed by atoms with E-state index in [0.29, 0.717) is 17.5 Å². The third-order valence-electron chi connectivity index (χ3n) is 4.59. The number of likely N-dealkylation sites (N-methyl/N-ethyl adjacent to an activating group) is 1. The van der Waals surface area contributed by atoms with Gasteiger partial charge in [0.2, 0.25) is 5.91 Å². The maximum absolute atomic E-state index is 12.3. The smallest absolute Gasteiger partial charge is 0.260 e. The lowest BCUT2D eigenvalue weighted by atomic mass is 10.1. The van der Waals surface area contributed by atoms with Gasteiger partial charge in [-0.15, -0.1) is 12.4 Å². The molecule has 1 aliphatic carbocycles. The SMILES string of the molecule is CNC1CCCN(C(=O)COc2cccc(NC(=O)C3CC3)c2)C1.Cl. The molecule has 2 fully saturated rings. The van der Waals surface area contributed by atoms with Gasteiger partial charge < -0.3 is 20.3 Å². The Bertz CT molecular complexity index is 607. The number of benzene rings is 1. The van der Waals surface area contributed by atoms with Crippen molar-refractivity contribution in [1.82, 2.24) is 10.2 Å². The van der Waals surface area contributed by atoms with E-state index in [1.807, 2.05) is 24.1 Å². The Hall–Kier alpha value is -1.79. The highest BCUT2D eigenvalue weighted by Crippen LogP contribution is 2.30. The molecule has 7 heteroatoms. The molecule has 2 amide bonds. The van der Waals surface area contributed by atoms with Crippen LogP contribution >= 0.6 is 12.4 Å². The van der Waals surface area contributed by atoms with E-state index in [2.05, 4.69) is 10.6 Å². The standard InChI is InChI=1S/C18H25N3O3.ClH/c1-19-15-5-3-9-21(11-15)17(22)12-24-16-6-2-4-14(10-16)20-18(23)13-7-8-13;/h2,4,6,10,13,15,19H,3,5,7-9,11-12H2,1H3,(H,20,23);1H. The van der Waals surface area contributed by atoms with Crippen molar-refractivity contribution in [1.29, 1.82) is 0 Å². The Labute approximate surface area is 154 Å². The Morgan fingerprint density at radius 3 is 2.80 bits per heavy atom. The van der Waals surface area contributed by atoms with Crippen molar-refractivity contribution in [3.63, 3.8) is 0 Å². The average Bonchev–Trinajstić information content (AvgIpc) is 3.45. The molecule has 0 bridgehead atoms. The molecule has 1 aliphatic heterocycles. The lowest BCUT2D eigenvalue weighted by molar-refractivity contribution is -0.134. The first kappa shape index (κ1) is 19.5. The van der Waals surface area contributed by atoms with Crippen molar-refractivity contribution in [2.45, 2.75) is 31.7 Å². The molecular formula is C18H26ClN3O3. The summed E-state index contributed by atoms with van der Waals surface area (Å²) in [6, 6.07) is 7.58. The van der Waals surface area contributed by atoms with Crippen LogP contribution < -0.4 is 15.4 Å². The second-order valence-electron chi connectivity index (χ2n) is 6.55. The largest absolute Gasteiger partial charge is 0.484 e. The van der Waals surface area contributed by atoms with Crippen molar-refractivity contribution >= 4 is 29.9 Å². The van der Waals surface area contributed by atoms with Crippen molar-refractivity contribution in [3.05, 3.63) is 24.3 Å². The third kappa shape index (κ3) is 5.61. The first-order chi connectivity index (χ1) is 11.7. The monoisotopic (exact) mass is 367 g/mol. The number of carbonyl (C=O) groups is 2. The summed E-state index contributed by atoms with van der Waals surface area (Å²) in [5.41, 5.74) is 0.713. The van der Waals surface area contributed by atoms with Crippen LogP contribution in [0.1, 0.15) is 25.7 Å². The van der Waals surface area contributed by atoms with Gasteiger partial charge in [-0.1, -0.05) is 6.07 Å². The molecule has 1 saturated heterocycles. The minimum atomic E-state index is 0. The molecule has 3 rings (SSSR count). The van der Waals surface area contributed by atoms with Crippen LogP contribution in [0.25, 0.3) is 0 Å². The van der Waals surface area contributed by atoms with Gasteiger partial charge in [0.25, 0.3) is 5.91 Å². The summed E-state index contributed by atoms with van der Waals surface area (Å²) in [7, 11) is 1.93. The van der Waals surface area contributed by atoms with Crippen LogP contribution in [0.4, 0.5) is 5.69 Å². The molecule has 2 N–H and O–H groups in total. The fourth-order valence-electron chi connectivity index (χ4n) is 2.93. The van der Waals surface area contributed by atoms with Crippen LogP contribution in [0.2, 0.25) is 0 Å². The van der Waals surface area contributed by atoms with Crippen LogP contribution in [-0.4, -0.2) is 49.5 Å². The van der Waals surface area contributed by atoms with Crippen molar-refractivity contribution in [2.75, 3.05) is 32.1 Å². The molecule has 0 aromatic heterocycles. The Morgan fingerprint density at radius 1 is 1.28 bits per heavy atom. The van der Waals surface area contributed by atoms with Crippen LogP contribution in [0.5, 0.6) is 5.75 Å². The summed E-state index contributed by atoms with van der Waals surface area (Å²) in [5.74, 6) is 0.825. The number of halogens is 1. The number of nitrogens with zero attached hydrogens (tertiary/aromatic N) is 1. The van der Waals surface area contributed by atoms with Gasteiger partial charge in [0, 0.05) is 36.8 Å². The lowest BCUT2D eigenvalue weighted by Crippen LogP contribution is -2.48. The predicted octanol–water partition coefficient (Wildman–Crippen LogP) is 2.05. The van der Waals surface area contributed by atoms with Gasteiger partial charge >= 0.3 is 0 Å². The van der Waals surface area contributed by atoms with E-state index in [0.717, 1.165) is 38.8 Å². The van der Waals surface area contributed by atoms with E-state index in [1.54, 1.807) is 12.1 Å². The van der Waals surface area contributed by atoms with Gasteiger partial charge in [-0.2, -0.15) is 0 Å². The average molecular weight is 368 g/mol. The van der Waals surface area contributed by atoms with Crippen LogP contribution in [0.3, 0.4) is 0 Å².